The van der Waals surface area contributed by atoms with Gasteiger partial charge in [-0.15, -0.1) is 0 Å². The van der Waals surface area contributed by atoms with E-state index in [1.165, 1.54) is 5.56 Å². The van der Waals surface area contributed by atoms with Crippen LogP contribution in [-0.4, -0.2) is 32.2 Å². The summed E-state index contributed by atoms with van der Waals surface area (Å²) >= 11 is 0. The van der Waals surface area contributed by atoms with Gasteiger partial charge in [-0.25, -0.2) is 0 Å². The maximum Gasteiger partial charge on any atom is 0.192 e. The highest BCUT2D eigenvalue weighted by Crippen LogP contribution is 2.38. The van der Waals surface area contributed by atoms with E-state index in [4.69, 9.17) is 9.16 Å². The third-order valence-electron chi connectivity index (χ3n) is 5.35. The summed E-state index contributed by atoms with van der Waals surface area (Å²) in [5.41, 5.74) is 1.18. The molecule has 0 aromatic heterocycles. The van der Waals surface area contributed by atoms with Crippen LogP contribution in [0.2, 0.25) is 18.1 Å². The first-order chi connectivity index (χ1) is 11.1. The van der Waals surface area contributed by atoms with Gasteiger partial charge in [0.25, 0.3) is 0 Å². The fourth-order valence-corrected chi connectivity index (χ4v) is 3.81. The Kier molecular flexibility index (Phi) is 8.13. The molecule has 0 aliphatic heterocycles. The number of hydrogen-bond acceptors (Lipinski definition) is 3. The molecule has 0 spiro atoms. The molecular weight excluding hydrogens is 316 g/mol. The summed E-state index contributed by atoms with van der Waals surface area (Å²) in [6, 6.07) is 10.2. The molecule has 138 valence electrons. The van der Waals surface area contributed by atoms with E-state index in [2.05, 4.69) is 59.8 Å². The van der Waals surface area contributed by atoms with Gasteiger partial charge in [-0.3, -0.25) is 0 Å². The fourth-order valence-electron chi connectivity index (χ4n) is 2.37. The molecule has 0 fully saturated rings. The minimum absolute atomic E-state index is 0.0293. The molecule has 1 rings (SSSR count). The molecule has 0 radical (unpaired) electrons. The normalized spacial score (nSPS) is 16.7. The van der Waals surface area contributed by atoms with Crippen LogP contribution in [0.25, 0.3) is 0 Å². The number of rotatable bonds is 9. The topological polar surface area (TPSA) is 38.7 Å². The first kappa shape index (κ1) is 21.4. The summed E-state index contributed by atoms with van der Waals surface area (Å²) in [5.74, 6) is 0.231. The van der Waals surface area contributed by atoms with E-state index >= 15 is 0 Å². The maximum absolute atomic E-state index is 9.47. The Morgan fingerprint density at radius 3 is 2.17 bits per heavy atom. The van der Waals surface area contributed by atoms with Gasteiger partial charge in [-0.1, -0.05) is 58.0 Å². The van der Waals surface area contributed by atoms with Crippen LogP contribution < -0.4 is 0 Å². The summed E-state index contributed by atoms with van der Waals surface area (Å²) in [7, 11) is -1.87. The predicted octanol–water partition coefficient (Wildman–Crippen LogP) is 5.00. The Labute approximate surface area is 149 Å². The molecule has 3 atom stereocenters. The average Bonchev–Trinajstić information content (AvgIpc) is 2.51. The van der Waals surface area contributed by atoms with Crippen LogP contribution >= 0.6 is 0 Å². The van der Waals surface area contributed by atoms with E-state index in [0.29, 0.717) is 13.0 Å². The Balaban J connectivity index is 2.69. The molecular formula is C20H36O3Si. The van der Waals surface area contributed by atoms with E-state index in [1.54, 1.807) is 0 Å². The van der Waals surface area contributed by atoms with E-state index in [-0.39, 0.29) is 29.8 Å². The maximum atomic E-state index is 9.47. The molecule has 0 saturated heterocycles. The number of benzene rings is 1. The number of hydrogen-bond donors (Lipinski definition) is 1. The second-order valence-electron chi connectivity index (χ2n) is 8.29. The van der Waals surface area contributed by atoms with E-state index in [1.807, 2.05) is 18.2 Å². The van der Waals surface area contributed by atoms with Crippen molar-refractivity contribution in [3.8, 4) is 0 Å². The number of aliphatic hydroxyl groups excluding tert-OH is 1. The summed E-state index contributed by atoms with van der Waals surface area (Å²) in [5, 5.41) is 9.63. The van der Waals surface area contributed by atoms with Crippen molar-refractivity contribution >= 4 is 8.32 Å². The zero-order chi connectivity index (χ0) is 18.4. The molecule has 0 aliphatic rings. The molecule has 0 aliphatic carbocycles. The third-order valence-corrected chi connectivity index (χ3v) is 9.85. The zero-order valence-electron chi connectivity index (χ0n) is 16.5. The summed E-state index contributed by atoms with van der Waals surface area (Å²) in [4.78, 5) is 0. The lowest BCUT2D eigenvalue weighted by molar-refractivity contribution is -0.0296. The lowest BCUT2D eigenvalue weighted by atomic mass is 9.97. The minimum atomic E-state index is -1.87. The van der Waals surface area contributed by atoms with E-state index < -0.39 is 8.32 Å². The van der Waals surface area contributed by atoms with Crippen molar-refractivity contribution in [3.05, 3.63) is 35.9 Å². The van der Waals surface area contributed by atoms with Gasteiger partial charge in [0.15, 0.2) is 8.32 Å². The largest absolute Gasteiger partial charge is 0.413 e. The molecule has 1 N–H and O–H groups in total. The monoisotopic (exact) mass is 352 g/mol. The highest BCUT2D eigenvalue weighted by Gasteiger charge is 2.40. The molecule has 0 bridgehead atoms. The number of aliphatic hydroxyl groups is 1. The van der Waals surface area contributed by atoms with Gasteiger partial charge in [0, 0.05) is 12.5 Å². The van der Waals surface area contributed by atoms with Crippen molar-refractivity contribution in [1.29, 1.82) is 0 Å². The first-order valence-corrected chi connectivity index (χ1v) is 11.9. The highest BCUT2D eigenvalue weighted by molar-refractivity contribution is 6.74. The van der Waals surface area contributed by atoms with Crippen molar-refractivity contribution < 1.29 is 14.3 Å². The van der Waals surface area contributed by atoms with Crippen LogP contribution in [0.4, 0.5) is 0 Å². The number of ether oxygens (including phenoxy) is 1. The van der Waals surface area contributed by atoms with Crippen LogP contribution in [0.15, 0.2) is 30.3 Å². The Hall–Kier alpha value is -0.683. The van der Waals surface area contributed by atoms with E-state index in [0.717, 1.165) is 0 Å². The molecule has 4 heteroatoms. The lowest BCUT2D eigenvalue weighted by Crippen LogP contribution is -2.47. The van der Waals surface area contributed by atoms with Crippen molar-refractivity contribution in [3.63, 3.8) is 0 Å². The van der Waals surface area contributed by atoms with Crippen molar-refractivity contribution in [1.82, 2.24) is 0 Å². The fraction of sp³-hybridized carbons (Fsp3) is 0.700. The van der Waals surface area contributed by atoms with E-state index in [9.17, 15) is 5.11 Å². The molecule has 1 aromatic carbocycles. The van der Waals surface area contributed by atoms with Gasteiger partial charge in [0.1, 0.15) is 0 Å². The second-order valence-corrected chi connectivity index (χ2v) is 13.0. The quantitative estimate of drug-likeness (QED) is 0.636. The van der Waals surface area contributed by atoms with Gasteiger partial charge < -0.3 is 14.3 Å². The molecule has 1 aromatic rings. The van der Waals surface area contributed by atoms with Crippen LogP contribution in [0.1, 0.15) is 46.6 Å². The highest BCUT2D eigenvalue weighted by atomic mass is 28.4. The second kappa shape index (κ2) is 9.14. The van der Waals surface area contributed by atoms with Gasteiger partial charge >= 0.3 is 0 Å². The first-order valence-electron chi connectivity index (χ1n) is 9.02. The Morgan fingerprint density at radius 1 is 1.08 bits per heavy atom. The van der Waals surface area contributed by atoms with Crippen LogP contribution in [-0.2, 0) is 15.8 Å². The summed E-state index contributed by atoms with van der Waals surface area (Å²) < 4.78 is 12.6. The third kappa shape index (κ3) is 6.32. The molecule has 0 amide bonds. The summed E-state index contributed by atoms with van der Waals surface area (Å²) in [6.07, 6.45) is 0.764. The zero-order valence-corrected chi connectivity index (χ0v) is 17.5. The molecule has 0 unspecified atom stereocenters. The molecule has 0 heterocycles. The smallest absolute Gasteiger partial charge is 0.192 e. The lowest BCUT2D eigenvalue weighted by Gasteiger charge is -2.41. The SMILES string of the molecule is C[C@H]([C@H](C)OCc1ccccc1)[C@@H](CCO)O[Si](C)(C)C(C)(C)C. The Bertz CT molecular complexity index is 468. The summed E-state index contributed by atoms with van der Waals surface area (Å²) in [6.45, 7) is 16.3. The molecule has 0 saturated carbocycles. The van der Waals surface area contributed by atoms with Gasteiger partial charge in [0.05, 0.1) is 18.8 Å². The van der Waals surface area contributed by atoms with Crippen molar-refractivity contribution in [2.24, 2.45) is 5.92 Å². The molecule has 3 nitrogen and oxygen atoms in total. The Morgan fingerprint density at radius 2 is 1.67 bits per heavy atom. The van der Waals surface area contributed by atoms with Crippen molar-refractivity contribution in [2.45, 2.75) is 78.0 Å². The minimum Gasteiger partial charge on any atom is -0.413 e. The van der Waals surface area contributed by atoms with Crippen LogP contribution in [0, 0.1) is 5.92 Å². The van der Waals surface area contributed by atoms with Gasteiger partial charge in [-0.05, 0) is 37.0 Å². The standard InChI is InChI=1S/C20H36O3Si/c1-16(17(2)22-15-18-11-9-8-10-12-18)19(13-14-21)23-24(6,7)20(3,4)5/h8-12,16-17,19,21H,13-15H2,1-7H3/t16-,17+,19-/m1/s1. The van der Waals surface area contributed by atoms with Crippen molar-refractivity contribution in [2.75, 3.05) is 6.61 Å². The van der Waals surface area contributed by atoms with Crippen LogP contribution in [0.5, 0.6) is 0 Å². The van der Waals surface area contributed by atoms with Gasteiger partial charge in [-0.2, -0.15) is 0 Å². The molecule has 24 heavy (non-hydrogen) atoms. The van der Waals surface area contributed by atoms with Crippen LogP contribution in [0.3, 0.4) is 0 Å². The predicted molar refractivity (Wildman–Crippen MR) is 104 cm³/mol. The average molecular weight is 353 g/mol. The van der Waals surface area contributed by atoms with Gasteiger partial charge in [0.2, 0.25) is 0 Å².